The maximum absolute atomic E-state index is 12.9. The van der Waals surface area contributed by atoms with Gasteiger partial charge in [0.2, 0.25) is 6.79 Å². The van der Waals surface area contributed by atoms with E-state index in [-0.39, 0.29) is 24.8 Å². The van der Waals surface area contributed by atoms with Gasteiger partial charge in [0.15, 0.2) is 11.5 Å². The number of aromatic nitrogens is 2. The molecule has 1 amide bonds. The average molecular weight is 363 g/mol. The fourth-order valence-corrected chi connectivity index (χ4v) is 3.55. The van der Waals surface area contributed by atoms with Gasteiger partial charge in [0.25, 0.3) is 11.5 Å². The summed E-state index contributed by atoms with van der Waals surface area (Å²) in [4.78, 5) is 27.4. The van der Waals surface area contributed by atoms with Crippen molar-refractivity contribution in [1.29, 1.82) is 0 Å². The maximum atomic E-state index is 12.9. The van der Waals surface area contributed by atoms with Gasteiger partial charge in [-0.3, -0.25) is 14.7 Å². The van der Waals surface area contributed by atoms with E-state index < -0.39 is 0 Å². The number of fused-ring (bicyclic) bond motifs is 2. The first-order valence-electron chi connectivity index (χ1n) is 8.78. The summed E-state index contributed by atoms with van der Waals surface area (Å²) in [5.41, 5.74) is 2.73. The van der Waals surface area contributed by atoms with Crippen LogP contribution in [0.3, 0.4) is 0 Å². The highest BCUT2D eigenvalue weighted by molar-refractivity contribution is 5.95. The van der Waals surface area contributed by atoms with Crippen LogP contribution in [0.15, 0.2) is 53.3 Å². The second-order valence-electron chi connectivity index (χ2n) is 6.59. The summed E-state index contributed by atoms with van der Waals surface area (Å²) in [7, 11) is 0. The minimum absolute atomic E-state index is 0.112. The molecule has 2 aliphatic heterocycles. The second-order valence-corrected chi connectivity index (χ2v) is 6.59. The third-order valence-corrected chi connectivity index (χ3v) is 4.97. The van der Waals surface area contributed by atoms with Crippen LogP contribution in [0.4, 0.5) is 0 Å². The normalized spacial score (nSPS) is 14.9. The Morgan fingerprint density at radius 2 is 1.85 bits per heavy atom. The van der Waals surface area contributed by atoms with Gasteiger partial charge in [-0.25, -0.2) is 4.68 Å². The highest BCUT2D eigenvalue weighted by Crippen LogP contribution is 2.33. The molecule has 2 aliphatic rings. The van der Waals surface area contributed by atoms with Gasteiger partial charge in [-0.15, -0.1) is 0 Å². The number of hydrogen-bond donors (Lipinski definition) is 1. The molecule has 0 fully saturated rings. The molecular weight excluding hydrogens is 346 g/mol. The van der Waals surface area contributed by atoms with Crippen molar-refractivity contribution in [3.63, 3.8) is 0 Å². The third-order valence-electron chi connectivity index (χ3n) is 4.97. The zero-order chi connectivity index (χ0) is 18.4. The zero-order valence-electron chi connectivity index (χ0n) is 14.5. The van der Waals surface area contributed by atoms with Gasteiger partial charge >= 0.3 is 0 Å². The van der Waals surface area contributed by atoms with Crippen molar-refractivity contribution in [1.82, 2.24) is 14.7 Å². The zero-order valence-corrected chi connectivity index (χ0v) is 14.5. The molecule has 0 saturated heterocycles. The standard InChI is InChI=1S/C20H17N3O4/c24-19(13-6-7-17-18(10-13)27-12-26-17)22-9-8-16-15(11-22)20(25)23(21-16)14-4-2-1-3-5-14/h1-7,10,21H,8-9,11-12H2. The van der Waals surface area contributed by atoms with Crippen LogP contribution in [-0.4, -0.2) is 33.9 Å². The Labute approximate surface area is 154 Å². The van der Waals surface area contributed by atoms with E-state index in [9.17, 15) is 9.59 Å². The van der Waals surface area contributed by atoms with Crippen molar-refractivity contribution in [3.8, 4) is 17.2 Å². The molecule has 27 heavy (non-hydrogen) atoms. The highest BCUT2D eigenvalue weighted by Gasteiger charge is 2.27. The fourth-order valence-electron chi connectivity index (χ4n) is 3.55. The Morgan fingerprint density at radius 3 is 2.70 bits per heavy atom. The lowest BCUT2D eigenvalue weighted by atomic mass is 10.1. The molecule has 7 heteroatoms. The summed E-state index contributed by atoms with van der Waals surface area (Å²) in [5, 5.41) is 3.18. The number of aromatic amines is 1. The Hall–Kier alpha value is -3.48. The van der Waals surface area contributed by atoms with Crippen LogP contribution in [0.25, 0.3) is 5.69 Å². The lowest BCUT2D eigenvalue weighted by Crippen LogP contribution is -2.37. The number of nitrogens with zero attached hydrogens (tertiary/aromatic N) is 2. The maximum Gasteiger partial charge on any atom is 0.276 e. The monoisotopic (exact) mass is 363 g/mol. The molecule has 0 atom stereocenters. The van der Waals surface area contributed by atoms with Crippen LogP contribution in [-0.2, 0) is 13.0 Å². The molecular formula is C20H17N3O4. The van der Waals surface area contributed by atoms with Crippen LogP contribution >= 0.6 is 0 Å². The first-order valence-corrected chi connectivity index (χ1v) is 8.78. The van der Waals surface area contributed by atoms with Crippen molar-refractivity contribution in [2.75, 3.05) is 13.3 Å². The van der Waals surface area contributed by atoms with E-state index in [1.54, 1.807) is 27.8 Å². The molecule has 2 aromatic carbocycles. The molecule has 0 aliphatic carbocycles. The van der Waals surface area contributed by atoms with Crippen molar-refractivity contribution in [2.24, 2.45) is 0 Å². The smallest absolute Gasteiger partial charge is 0.276 e. The minimum Gasteiger partial charge on any atom is -0.454 e. The molecule has 0 bridgehead atoms. The number of amides is 1. The minimum atomic E-state index is -0.120. The lowest BCUT2D eigenvalue weighted by Gasteiger charge is -2.26. The number of H-pyrrole nitrogens is 1. The van der Waals surface area contributed by atoms with Gasteiger partial charge in [-0.2, -0.15) is 0 Å². The summed E-state index contributed by atoms with van der Waals surface area (Å²) in [6.07, 6.45) is 0.612. The molecule has 5 rings (SSSR count). The topological polar surface area (TPSA) is 76.6 Å². The summed E-state index contributed by atoms with van der Waals surface area (Å²) < 4.78 is 12.2. The van der Waals surface area contributed by atoms with Crippen molar-refractivity contribution in [3.05, 3.63) is 75.7 Å². The van der Waals surface area contributed by atoms with E-state index in [1.165, 1.54) is 0 Å². The Kier molecular flexibility index (Phi) is 3.53. The number of carbonyl (C=O) groups is 1. The van der Waals surface area contributed by atoms with Gasteiger partial charge < -0.3 is 14.4 Å². The quantitative estimate of drug-likeness (QED) is 0.756. The third kappa shape index (κ3) is 2.59. The van der Waals surface area contributed by atoms with Crippen molar-refractivity contribution < 1.29 is 14.3 Å². The van der Waals surface area contributed by atoms with Crippen LogP contribution in [0.2, 0.25) is 0 Å². The van der Waals surface area contributed by atoms with E-state index in [0.29, 0.717) is 35.6 Å². The number of para-hydroxylation sites is 1. The Bertz CT molecular complexity index is 1080. The SMILES string of the molecule is O=C(c1ccc2c(c1)OCO2)N1CCc2[nH]n(-c3ccccc3)c(=O)c2C1. The Balaban J connectivity index is 1.43. The van der Waals surface area contributed by atoms with E-state index in [0.717, 1.165) is 11.4 Å². The van der Waals surface area contributed by atoms with Gasteiger partial charge in [-0.1, -0.05) is 18.2 Å². The molecule has 1 N–H and O–H groups in total. The predicted molar refractivity (Wildman–Crippen MR) is 97.4 cm³/mol. The predicted octanol–water partition coefficient (Wildman–Crippen LogP) is 2.09. The Morgan fingerprint density at radius 1 is 1.04 bits per heavy atom. The molecule has 7 nitrogen and oxygen atoms in total. The summed E-state index contributed by atoms with van der Waals surface area (Å²) >= 11 is 0. The largest absolute Gasteiger partial charge is 0.454 e. The number of benzene rings is 2. The summed E-state index contributed by atoms with van der Waals surface area (Å²) in [5.74, 6) is 1.10. The molecule has 0 spiro atoms. The van der Waals surface area contributed by atoms with Gasteiger partial charge in [0.05, 0.1) is 17.8 Å². The molecule has 3 aromatic rings. The molecule has 3 heterocycles. The first-order chi connectivity index (χ1) is 13.2. The first kappa shape index (κ1) is 15.7. The number of rotatable bonds is 2. The number of ether oxygens (including phenoxy) is 2. The van der Waals surface area contributed by atoms with E-state index in [4.69, 9.17) is 9.47 Å². The number of carbonyl (C=O) groups excluding carboxylic acids is 1. The van der Waals surface area contributed by atoms with Crippen molar-refractivity contribution in [2.45, 2.75) is 13.0 Å². The van der Waals surface area contributed by atoms with Crippen LogP contribution in [0.5, 0.6) is 11.5 Å². The van der Waals surface area contributed by atoms with Crippen molar-refractivity contribution >= 4 is 5.91 Å². The van der Waals surface area contributed by atoms with Gasteiger partial charge in [0.1, 0.15) is 0 Å². The molecule has 0 saturated carbocycles. The van der Waals surface area contributed by atoms with E-state index >= 15 is 0 Å². The molecule has 0 unspecified atom stereocenters. The number of nitrogens with one attached hydrogen (secondary N) is 1. The number of hydrogen-bond acceptors (Lipinski definition) is 4. The van der Waals surface area contributed by atoms with E-state index in [1.807, 2.05) is 30.3 Å². The molecule has 136 valence electrons. The highest BCUT2D eigenvalue weighted by atomic mass is 16.7. The van der Waals surface area contributed by atoms with Crippen LogP contribution in [0, 0.1) is 0 Å². The van der Waals surface area contributed by atoms with Crippen LogP contribution in [0.1, 0.15) is 21.6 Å². The summed E-state index contributed by atoms with van der Waals surface area (Å²) in [6.45, 7) is 1.01. The van der Waals surface area contributed by atoms with Gasteiger partial charge in [0, 0.05) is 24.2 Å². The fraction of sp³-hybridized carbons (Fsp3) is 0.200. The average Bonchev–Trinajstić information content (AvgIpc) is 3.32. The van der Waals surface area contributed by atoms with Crippen LogP contribution < -0.4 is 15.0 Å². The summed E-state index contributed by atoms with van der Waals surface area (Å²) in [6, 6.07) is 14.6. The lowest BCUT2D eigenvalue weighted by molar-refractivity contribution is 0.0733. The second kappa shape index (κ2) is 6.05. The molecule has 0 radical (unpaired) electrons. The van der Waals surface area contributed by atoms with E-state index in [2.05, 4.69) is 5.10 Å². The van der Waals surface area contributed by atoms with Gasteiger partial charge in [-0.05, 0) is 30.3 Å². The molecule has 1 aromatic heterocycles.